The Hall–Kier alpha value is -1.11. The summed E-state index contributed by atoms with van der Waals surface area (Å²) in [6.07, 6.45) is 1.80. The van der Waals surface area contributed by atoms with Crippen LogP contribution in [0.4, 0.5) is 4.39 Å². The van der Waals surface area contributed by atoms with Crippen LogP contribution in [0.3, 0.4) is 0 Å². The lowest BCUT2D eigenvalue weighted by Gasteiger charge is -2.17. The van der Waals surface area contributed by atoms with Gasteiger partial charge in [0.15, 0.2) is 0 Å². The number of halogens is 1. The van der Waals surface area contributed by atoms with Crippen molar-refractivity contribution in [2.75, 3.05) is 6.67 Å². The summed E-state index contributed by atoms with van der Waals surface area (Å²) in [4.78, 5) is 0. The molecule has 0 bridgehead atoms. The minimum Gasteiger partial charge on any atom is -0.250 e. The monoisotopic (exact) mass is 205 g/mol. The van der Waals surface area contributed by atoms with Gasteiger partial charge in [0.1, 0.15) is 0 Å². The van der Waals surface area contributed by atoms with Crippen LogP contribution >= 0.6 is 0 Å². The van der Waals surface area contributed by atoms with Crippen molar-refractivity contribution in [2.24, 2.45) is 0 Å². The van der Waals surface area contributed by atoms with Crippen LogP contribution in [0, 0.1) is 6.92 Å². The highest BCUT2D eigenvalue weighted by atomic mass is 19.1. The van der Waals surface area contributed by atoms with Gasteiger partial charge in [-0.2, -0.15) is 0 Å². The highest BCUT2D eigenvalue weighted by Gasteiger charge is 2.13. The summed E-state index contributed by atoms with van der Waals surface area (Å²) >= 11 is 0. The van der Waals surface area contributed by atoms with Crippen molar-refractivity contribution >= 4 is 6.08 Å². The third-order valence-corrected chi connectivity index (χ3v) is 2.63. The maximum atomic E-state index is 12.6. The van der Waals surface area contributed by atoms with E-state index in [9.17, 15) is 4.39 Å². The van der Waals surface area contributed by atoms with Crippen molar-refractivity contribution in [2.45, 2.75) is 25.7 Å². The summed E-state index contributed by atoms with van der Waals surface area (Å²) in [5.74, 6) is 0.126. The number of hydrogen-bond acceptors (Lipinski definition) is 0. The second-order valence-corrected chi connectivity index (χ2v) is 4.06. The third kappa shape index (κ3) is 2.47. The Morgan fingerprint density at radius 2 is 1.93 bits per heavy atom. The lowest BCUT2D eigenvalue weighted by molar-refractivity contribution is 0.465. The molecule has 0 fully saturated rings. The molecule has 0 saturated carbocycles. The maximum Gasteiger partial charge on any atom is 0.0963 e. The molecule has 15 heavy (non-hydrogen) atoms. The van der Waals surface area contributed by atoms with Crippen molar-refractivity contribution in [1.29, 1.82) is 0 Å². The normalized spacial score (nSPS) is 12.9. The van der Waals surface area contributed by atoms with Crippen LogP contribution in [0.15, 0.2) is 24.8 Å². The third-order valence-electron chi connectivity index (χ3n) is 2.63. The van der Waals surface area contributed by atoms with Crippen LogP contribution in [-0.2, 0) is 0 Å². The first-order valence-corrected chi connectivity index (χ1v) is 5.26. The van der Waals surface area contributed by atoms with Crippen molar-refractivity contribution in [1.82, 2.24) is 0 Å². The predicted octanol–water partition coefficient (Wildman–Crippen LogP) is 4.34. The zero-order valence-corrected chi connectivity index (χ0v) is 9.46. The van der Waals surface area contributed by atoms with Crippen molar-refractivity contribution in [3.05, 3.63) is 48.4 Å². The van der Waals surface area contributed by atoms with E-state index in [2.05, 4.69) is 33.4 Å². The molecule has 0 amide bonds. The lowest BCUT2D eigenvalue weighted by atomic mass is 9.88. The topological polar surface area (TPSA) is 0 Å². The maximum absolute atomic E-state index is 12.6. The molecular formula is C14H18F. The van der Waals surface area contributed by atoms with E-state index in [0.29, 0.717) is 5.92 Å². The first kappa shape index (κ1) is 12.0. The van der Waals surface area contributed by atoms with Crippen LogP contribution < -0.4 is 0 Å². The molecule has 0 aliphatic carbocycles. The van der Waals surface area contributed by atoms with Crippen LogP contribution in [-0.4, -0.2) is 6.67 Å². The van der Waals surface area contributed by atoms with E-state index in [0.717, 1.165) is 11.1 Å². The SMILES string of the molecule is [CH2]C(CF)c1cccc(C(C)C)c1C=C. The van der Waals surface area contributed by atoms with Gasteiger partial charge in [0.25, 0.3) is 0 Å². The first-order valence-electron chi connectivity index (χ1n) is 5.26. The van der Waals surface area contributed by atoms with Gasteiger partial charge in [-0.3, -0.25) is 4.39 Å². The summed E-state index contributed by atoms with van der Waals surface area (Å²) in [5, 5.41) is 0. The second-order valence-electron chi connectivity index (χ2n) is 4.06. The number of hydrogen-bond donors (Lipinski definition) is 0. The van der Waals surface area contributed by atoms with Crippen molar-refractivity contribution < 1.29 is 4.39 Å². The molecule has 1 radical (unpaired) electrons. The standard InChI is InChI=1S/C14H18F/c1-5-12-13(10(2)3)7-6-8-14(12)11(4)9-15/h5-8,10-11H,1,4,9H2,2-3H3. The zero-order valence-electron chi connectivity index (χ0n) is 9.46. The van der Waals surface area contributed by atoms with Gasteiger partial charge in [-0.25, -0.2) is 0 Å². The van der Waals surface area contributed by atoms with E-state index in [4.69, 9.17) is 0 Å². The van der Waals surface area contributed by atoms with E-state index in [1.807, 2.05) is 12.1 Å². The van der Waals surface area contributed by atoms with E-state index in [1.165, 1.54) is 5.56 Å². The molecule has 1 aromatic carbocycles. The molecule has 0 aliphatic heterocycles. The van der Waals surface area contributed by atoms with Gasteiger partial charge in [0, 0.05) is 5.92 Å². The first-order chi connectivity index (χ1) is 7.11. The van der Waals surface area contributed by atoms with Crippen LogP contribution in [0.1, 0.15) is 42.4 Å². The van der Waals surface area contributed by atoms with Crippen molar-refractivity contribution in [3.8, 4) is 0 Å². The van der Waals surface area contributed by atoms with Gasteiger partial charge in [-0.1, -0.05) is 44.7 Å². The second kappa shape index (κ2) is 5.11. The summed E-state index contributed by atoms with van der Waals surface area (Å²) in [7, 11) is 0. The quantitative estimate of drug-likeness (QED) is 0.686. The molecule has 1 unspecified atom stereocenters. The molecule has 1 rings (SSSR count). The summed E-state index contributed by atoms with van der Waals surface area (Å²) in [6, 6.07) is 5.96. The highest BCUT2D eigenvalue weighted by Crippen LogP contribution is 2.28. The molecule has 0 aliphatic rings. The Kier molecular flexibility index (Phi) is 4.07. The van der Waals surface area contributed by atoms with E-state index in [1.54, 1.807) is 6.08 Å². The summed E-state index contributed by atoms with van der Waals surface area (Å²) in [6.45, 7) is 11.4. The average molecular weight is 205 g/mol. The molecule has 0 aromatic heterocycles. The average Bonchev–Trinajstić information content (AvgIpc) is 2.26. The van der Waals surface area contributed by atoms with E-state index < -0.39 is 6.67 Å². The number of alkyl halides is 1. The smallest absolute Gasteiger partial charge is 0.0963 e. The van der Waals surface area contributed by atoms with Gasteiger partial charge in [-0.15, -0.1) is 0 Å². The molecule has 1 atom stereocenters. The molecule has 0 nitrogen and oxygen atoms in total. The van der Waals surface area contributed by atoms with Gasteiger partial charge in [0.05, 0.1) is 6.67 Å². The molecule has 0 saturated heterocycles. The Labute approximate surface area is 91.8 Å². The minimum atomic E-state index is -0.428. The van der Waals surface area contributed by atoms with Gasteiger partial charge in [0.2, 0.25) is 0 Å². The molecule has 0 heterocycles. The summed E-state index contributed by atoms with van der Waals surface area (Å²) in [5.41, 5.74) is 3.22. The fourth-order valence-electron chi connectivity index (χ4n) is 1.78. The van der Waals surface area contributed by atoms with Crippen LogP contribution in [0.25, 0.3) is 6.08 Å². The minimum absolute atomic E-state index is 0.295. The molecule has 81 valence electrons. The van der Waals surface area contributed by atoms with E-state index in [-0.39, 0.29) is 5.92 Å². The fraction of sp³-hybridized carbons (Fsp3) is 0.357. The van der Waals surface area contributed by atoms with Gasteiger partial charge < -0.3 is 0 Å². The Morgan fingerprint density at radius 3 is 2.40 bits per heavy atom. The number of benzene rings is 1. The Morgan fingerprint density at radius 1 is 1.33 bits per heavy atom. The lowest BCUT2D eigenvalue weighted by Crippen LogP contribution is -2.02. The van der Waals surface area contributed by atoms with Gasteiger partial charge >= 0.3 is 0 Å². The Balaban J connectivity index is 3.28. The van der Waals surface area contributed by atoms with Gasteiger partial charge in [-0.05, 0) is 29.5 Å². The Bertz CT molecular complexity index is 339. The molecular weight excluding hydrogens is 187 g/mol. The van der Waals surface area contributed by atoms with Crippen LogP contribution in [0.2, 0.25) is 0 Å². The van der Waals surface area contributed by atoms with Crippen LogP contribution in [0.5, 0.6) is 0 Å². The largest absolute Gasteiger partial charge is 0.250 e. The van der Waals surface area contributed by atoms with E-state index >= 15 is 0 Å². The van der Waals surface area contributed by atoms with Crippen molar-refractivity contribution in [3.63, 3.8) is 0 Å². The molecule has 0 spiro atoms. The fourth-order valence-corrected chi connectivity index (χ4v) is 1.78. The number of rotatable bonds is 4. The zero-order chi connectivity index (χ0) is 11.4. The molecule has 0 N–H and O–H groups in total. The molecule has 1 aromatic rings. The summed E-state index contributed by atoms with van der Waals surface area (Å²) < 4.78 is 12.6. The molecule has 1 heteroatoms. The highest BCUT2D eigenvalue weighted by molar-refractivity contribution is 5.58. The predicted molar refractivity (Wildman–Crippen MR) is 64.7 cm³/mol.